The highest BCUT2D eigenvalue weighted by Crippen LogP contribution is 2.44. The molecule has 0 radical (unpaired) electrons. The smallest absolute Gasteiger partial charge is 0.184 e. The molecule has 0 aromatic heterocycles. The first-order valence-corrected chi connectivity index (χ1v) is 8.05. The van der Waals surface area contributed by atoms with E-state index in [1.54, 1.807) is 33.5 Å². The zero-order chi connectivity index (χ0) is 18.0. The Morgan fingerprint density at radius 3 is 2.56 bits per heavy atom. The molecular weight excluding hydrogens is 325 g/mol. The molecule has 6 heteroatoms. The van der Waals surface area contributed by atoms with Gasteiger partial charge in [-0.05, 0) is 23.3 Å². The molecule has 1 aliphatic rings. The van der Waals surface area contributed by atoms with Crippen molar-refractivity contribution in [2.75, 3.05) is 39.4 Å². The van der Waals surface area contributed by atoms with Gasteiger partial charge in [0.2, 0.25) is 0 Å². The molecular formula is C19H22FNO4. The Kier molecular flexibility index (Phi) is 4.99. The van der Waals surface area contributed by atoms with Crippen LogP contribution >= 0.6 is 0 Å². The van der Waals surface area contributed by atoms with Gasteiger partial charge in [0, 0.05) is 31.1 Å². The largest absolute Gasteiger partial charge is 0.497 e. The van der Waals surface area contributed by atoms with Crippen LogP contribution in [0.25, 0.3) is 0 Å². The Morgan fingerprint density at radius 1 is 1.12 bits per heavy atom. The third-order valence-corrected chi connectivity index (χ3v) is 4.58. The van der Waals surface area contributed by atoms with Crippen LogP contribution in [0, 0.1) is 5.82 Å². The Labute approximate surface area is 146 Å². The summed E-state index contributed by atoms with van der Waals surface area (Å²) in [5.41, 5.74) is 2.62. The normalized spacial score (nSPS) is 16.4. The molecule has 1 aliphatic heterocycles. The first-order valence-electron chi connectivity index (χ1n) is 8.05. The number of aliphatic hydroxyl groups excluding tert-OH is 1. The number of ether oxygens (including phenoxy) is 3. The zero-order valence-corrected chi connectivity index (χ0v) is 14.6. The Balaban J connectivity index is 2.07. The summed E-state index contributed by atoms with van der Waals surface area (Å²) in [4.78, 5) is 2.05. The second-order valence-electron chi connectivity index (χ2n) is 5.99. The summed E-state index contributed by atoms with van der Waals surface area (Å²) < 4.78 is 30.0. The van der Waals surface area contributed by atoms with Crippen molar-refractivity contribution in [3.8, 4) is 17.2 Å². The summed E-state index contributed by atoms with van der Waals surface area (Å²) in [5.74, 6) is 1.39. The maximum atomic E-state index is 13.7. The van der Waals surface area contributed by atoms with E-state index in [0.29, 0.717) is 30.3 Å². The van der Waals surface area contributed by atoms with Crippen LogP contribution in [0.2, 0.25) is 0 Å². The molecule has 1 heterocycles. The molecule has 0 aliphatic carbocycles. The summed E-state index contributed by atoms with van der Waals surface area (Å²) in [5, 5.41) is 9.80. The number of benzene rings is 2. The molecule has 2 aromatic rings. The minimum atomic E-state index is -0.285. The molecule has 2 aromatic carbocycles. The number of rotatable bonds is 5. The van der Waals surface area contributed by atoms with E-state index in [1.165, 1.54) is 12.1 Å². The maximum Gasteiger partial charge on any atom is 0.184 e. The topological polar surface area (TPSA) is 51.2 Å². The highest BCUT2D eigenvalue weighted by atomic mass is 19.1. The van der Waals surface area contributed by atoms with Crippen LogP contribution in [-0.4, -0.2) is 39.6 Å². The van der Waals surface area contributed by atoms with Gasteiger partial charge in [-0.1, -0.05) is 6.07 Å². The third kappa shape index (κ3) is 3.22. The molecule has 1 atom stereocenters. The summed E-state index contributed by atoms with van der Waals surface area (Å²) in [6, 6.07) is 8.33. The van der Waals surface area contributed by atoms with Gasteiger partial charge in [0.1, 0.15) is 11.6 Å². The van der Waals surface area contributed by atoms with Gasteiger partial charge < -0.3 is 24.2 Å². The van der Waals surface area contributed by atoms with E-state index < -0.39 is 0 Å². The zero-order valence-electron chi connectivity index (χ0n) is 14.6. The molecule has 1 unspecified atom stereocenters. The van der Waals surface area contributed by atoms with E-state index in [0.717, 1.165) is 16.8 Å². The van der Waals surface area contributed by atoms with Crippen molar-refractivity contribution in [1.29, 1.82) is 0 Å². The van der Waals surface area contributed by atoms with Crippen LogP contribution in [-0.2, 0) is 6.54 Å². The minimum Gasteiger partial charge on any atom is -0.497 e. The van der Waals surface area contributed by atoms with Gasteiger partial charge in [-0.2, -0.15) is 0 Å². The average Bonchev–Trinajstić information content (AvgIpc) is 2.65. The van der Waals surface area contributed by atoms with Gasteiger partial charge in [-0.15, -0.1) is 0 Å². The second-order valence-corrected chi connectivity index (χ2v) is 5.99. The lowest BCUT2D eigenvalue weighted by Gasteiger charge is -2.36. The molecule has 25 heavy (non-hydrogen) atoms. The van der Waals surface area contributed by atoms with E-state index >= 15 is 0 Å². The average molecular weight is 347 g/mol. The molecule has 0 saturated heterocycles. The standard InChI is InChI=1S/C19H22FNO4/c1-23-15-7-17(19(25-3)18(8-15)24-2)21-9-12-6-14(20)4-5-16(12)13(10-21)11-22/h4-8,13,22H,9-11H2,1-3H3. The van der Waals surface area contributed by atoms with Crippen molar-refractivity contribution in [2.45, 2.75) is 12.5 Å². The molecule has 0 fully saturated rings. The number of hydrogen-bond donors (Lipinski definition) is 1. The van der Waals surface area contributed by atoms with Crippen LogP contribution in [0.4, 0.5) is 10.1 Å². The van der Waals surface area contributed by atoms with Crippen molar-refractivity contribution >= 4 is 5.69 Å². The number of hydrogen-bond acceptors (Lipinski definition) is 5. The minimum absolute atomic E-state index is 0.0153. The first-order chi connectivity index (χ1) is 12.1. The Hall–Kier alpha value is -2.47. The van der Waals surface area contributed by atoms with Gasteiger partial charge >= 0.3 is 0 Å². The summed E-state index contributed by atoms with van der Waals surface area (Å²) in [6.45, 7) is 1.08. The van der Waals surface area contributed by atoms with Crippen molar-refractivity contribution in [1.82, 2.24) is 0 Å². The van der Waals surface area contributed by atoms with Gasteiger partial charge in [0.25, 0.3) is 0 Å². The second kappa shape index (κ2) is 7.19. The lowest BCUT2D eigenvalue weighted by molar-refractivity contribution is 0.261. The fourth-order valence-electron chi connectivity index (χ4n) is 3.36. The summed E-state index contributed by atoms with van der Waals surface area (Å²) in [7, 11) is 4.73. The quantitative estimate of drug-likeness (QED) is 0.901. The van der Waals surface area contributed by atoms with Crippen LogP contribution < -0.4 is 19.1 Å². The van der Waals surface area contributed by atoms with Gasteiger partial charge in [-0.3, -0.25) is 0 Å². The summed E-state index contributed by atoms with van der Waals surface area (Å²) in [6.07, 6.45) is 0. The lowest BCUT2D eigenvalue weighted by atomic mass is 9.90. The highest BCUT2D eigenvalue weighted by molar-refractivity contribution is 5.69. The fraction of sp³-hybridized carbons (Fsp3) is 0.368. The number of aliphatic hydroxyl groups is 1. The molecule has 134 valence electrons. The summed E-state index contributed by atoms with van der Waals surface area (Å²) >= 11 is 0. The third-order valence-electron chi connectivity index (χ3n) is 4.58. The van der Waals surface area contributed by atoms with Gasteiger partial charge in [0.05, 0.1) is 33.6 Å². The SMILES string of the molecule is COc1cc(OC)c(OC)c(N2Cc3cc(F)ccc3C(CO)C2)c1. The van der Waals surface area contributed by atoms with Crippen LogP contribution in [0.3, 0.4) is 0 Å². The highest BCUT2D eigenvalue weighted by Gasteiger charge is 2.28. The van der Waals surface area contributed by atoms with Crippen molar-refractivity contribution in [2.24, 2.45) is 0 Å². The van der Waals surface area contributed by atoms with Crippen LogP contribution in [0.15, 0.2) is 30.3 Å². The van der Waals surface area contributed by atoms with E-state index in [2.05, 4.69) is 0 Å². The maximum absolute atomic E-state index is 13.7. The van der Waals surface area contributed by atoms with Gasteiger partial charge in [-0.25, -0.2) is 4.39 Å². The molecule has 0 bridgehead atoms. The van der Waals surface area contributed by atoms with Crippen molar-refractivity contribution in [3.63, 3.8) is 0 Å². The molecule has 5 nitrogen and oxygen atoms in total. The van der Waals surface area contributed by atoms with E-state index in [-0.39, 0.29) is 18.3 Å². The monoisotopic (exact) mass is 347 g/mol. The Bertz CT molecular complexity index is 765. The predicted octanol–water partition coefficient (Wildman–Crippen LogP) is 2.95. The number of anilines is 1. The van der Waals surface area contributed by atoms with E-state index in [9.17, 15) is 9.50 Å². The predicted molar refractivity (Wildman–Crippen MR) is 93.4 cm³/mol. The number of methoxy groups -OCH3 is 3. The molecule has 0 spiro atoms. The number of fused-ring (bicyclic) bond motifs is 1. The molecule has 0 amide bonds. The number of halogens is 1. The lowest BCUT2D eigenvalue weighted by Crippen LogP contribution is -2.35. The van der Waals surface area contributed by atoms with Crippen molar-refractivity contribution < 1.29 is 23.7 Å². The molecule has 1 N–H and O–H groups in total. The van der Waals surface area contributed by atoms with E-state index in [4.69, 9.17) is 14.2 Å². The van der Waals surface area contributed by atoms with E-state index in [1.807, 2.05) is 11.0 Å². The van der Waals surface area contributed by atoms with Gasteiger partial charge in [0.15, 0.2) is 11.5 Å². The first kappa shape index (κ1) is 17.4. The fourth-order valence-corrected chi connectivity index (χ4v) is 3.36. The van der Waals surface area contributed by atoms with Crippen LogP contribution in [0.1, 0.15) is 17.0 Å². The molecule has 3 rings (SSSR count). The Morgan fingerprint density at radius 2 is 1.92 bits per heavy atom. The number of nitrogens with zero attached hydrogens (tertiary/aromatic N) is 1. The van der Waals surface area contributed by atoms with Crippen LogP contribution in [0.5, 0.6) is 17.2 Å². The molecule has 0 saturated carbocycles. The van der Waals surface area contributed by atoms with Crippen molar-refractivity contribution in [3.05, 3.63) is 47.3 Å².